The van der Waals surface area contributed by atoms with E-state index in [-0.39, 0.29) is 0 Å². The summed E-state index contributed by atoms with van der Waals surface area (Å²) in [4.78, 5) is 1.44. The predicted octanol–water partition coefficient (Wildman–Crippen LogP) is 4.60. The summed E-state index contributed by atoms with van der Waals surface area (Å²) in [6.45, 7) is 2.22. The van der Waals surface area contributed by atoms with Crippen LogP contribution in [0.15, 0.2) is 64.6 Å². The van der Waals surface area contributed by atoms with Gasteiger partial charge in [0.05, 0.1) is 0 Å². The Labute approximate surface area is 100 Å². The van der Waals surface area contributed by atoms with Crippen molar-refractivity contribution in [2.75, 3.05) is 0 Å². The van der Waals surface area contributed by atoms with E-state index in [0.717, 1.165) is 6.42 Å². The lowest BCUT2D eigenvalue weighted by Crippen LogP contribution is -1.95. The average Bonchev–Trinajstić information content (AvgIpc) is 2.86. The maximum atomic E-state index is 2.36. The molecule has 1 heteroatoms. The van der Waals surface area contributed by atoms with Crippen molar-refractivity contribution in [2.45, 2.75) is 19.3 Å². The van der Waals surface area contributed by atoms with Gasteiger partial charge in [-0.1, -0.05) is 42.0 Å². The Morgan fingerprint density at radius 2 is 2.25 bits per heavy atom. The van der Waals surface area contributed by atoms with Gasteiger partial charge in [0.15, 0.2) is 0 Å². The van der Waals surface area contributed by atoms with Gasteiger partial charge in [0, 0.05) is 10.8 Å². The molecule has 0 N–H and O–H groups in total. The summed E-state index contributed by atoms with van der Waals surface area (Å²) in [6.07, 6.45) is 12.4. The minimum absolute atomic E-state index is 0.461. The highest BCUT2D eigenvalue weighted by Gasteiger charge is 2.21. The highest BCUT2D eigenvalue weighted by atomic mass is 32.1. The zero-order valence-electron chi connectivity index (χ0n) is 9.31. The normalized spacial score (nSPS) is 23.3. The standard InChI is InChI=1S/C15H14S/c1-11-9-12-5-2-3-6-13(14(12)10-11)15-7-4-8-16-15/h2-8,10,13H,9H2,1H3. The molecule has 0 aromatic carbocycles. The Bertz CT molecular complexity index is 510. The number of allylic oxidation sites excluding steroid dienone is 8. The molecule has 1 aromatic heterocycles. The van der Waals surface area contributed by atoms with E-state index < -0.39 is 0 Å². The summed E-state index contributed by atoms with van der Waals surface area (Å²) in [7, 11) is 0. The van der Waals surface area contributed by atoms with Crippen molar-refractivity contribution in [3.63, 3.8) is 0 Å². The van der Waals surface area contributed by atoms with Gasteiger partial charge in [-0.25, -0.2) is 0 Å². The van der Waals surface area contributed by atoms with Gasteiger partial charge in [-0.2, -0.15) is 0 Å². The zero-order chi connectivity index (χ0) is 11.0. The van der Waals surface area contributed by atoms with E-state index in [1.54, 1.807) is 0 Å². The molecule has 0 saturated carbocycles. The van der Waals surface area contributed by atoms with Crippen molar-refractivity contribution in [3.8, 4) is 0 Å². The van der Waals surface area contributed by atoms with Crippen LogP contribution < -0.4 is 0 Å². The van der Waals surface area contributed by atoms with Crippen LogP contribution in [0.4, 0.5) is 0 Å². The Morgan fingerprint density at radius 3 is 3.06 bits per heavy atom. The van der Waals surface area contributed by atoms with Crippen molar-refractivity contribution in [2.24, 2.45) is 0 Å². The second-order valence-electron chi connectivity index (χ2n) is 4.39. The summed E-state index contributed by atoms with van der Waals surface area (Å²) >= 11 is 1.85. The first-order valence-electron chi connectivity index (χ1n) is 5.63. The van der Waals surface area contributed by atoms with Crippen molar-refractivity contribution < 1.29 is 0 Å². The Balaban J connectivity index is 2.08. The van der Waals surface area contributed by atoms with Crippen molar-refractivity contribution in [1.29, 1.82) is 0 Å². The Morgan fingerprint density at radius 1 is 1.31 bits per heavy atom. The minimum Gasteiger partial charge on any atom is -0.148 e. The van der Waals surface area contributed by atoms with Crippen LogP contribution >= 0.6 is 11.3 Å². The highest BCUT2D eigenvalue weighted by Crippen LogP contribution is 2.39. The molecule has 1 atom stereocenters. The molecule has 0 radical (unpaired) electrons. The molecule has 0 bridgehead atoms. The summed E-state index contributed by atoms with van der Waals surface area (Å²) in [6, 6.07) is 4.37. The smallest absolute Gasteiger partial charge is 0.0369 e. The van der Waals surface area contributed by atoms with Crippen LogP contribution in [-0.4, -0.2) is 0 Å². The molecule has 0 fully saturated rings. The van der Waals surface area contributed by atoms with Crippen LogP contribution in [0, 0.1) is 0 Å². The van der Waals surface area contributed by atoms with E-state index in [1.165, 1.54) is 21.6 Å². The van der Waals surface area contributed by atoms with E-state index >= 15 is 0 Å². The first kappa shape index (κ1) is 9.86. The molecule has 1 unspecified atom stereocenters. The fourth-order valence-corrected chi connectivity index (χ4v) is 3.25. The first-order valence-corrected chi connectivity index (χ1v) is 6.51. The first-order chi connectivity index (χ1) is 7.84. The molecule has 0 amide bonds. The van der Waals surface area contributed by atoms with Crippen LogP contribution in [-0.2, 0) is 0 Å². The van der Waals surface area contributed by atoms with E-state index in [2.05, 4.69) is 54.8 Å². The third-order valence-corrected chi connectivity index (χ3v) is 4.09. The second-order valence-corrected chi connectivity index (χ2v) is 5.36. The quantitative estimate of drug-likeness (QED) is 0.656. The summed E-state index contributed by atoms with van der Waals surface area (Å²) in [5, 5.41) is 2.16. The van der Waals surface area contributed by atoms with Gasteiger partial charge in [-0.05, 0) is 35.9 Å². The van der Waals surface area contributed by atoms with Gasteiger partial charge in [0.2, 0.25) is 0 Å². The van der Waals surface area contributed by atoms with E-state index in [1.807, 2.05) is 11.3 Å². The van der Waals surface area contributed by atoms with Crippen LogP contribution in [0.3, 0.4) is 0 Å². The molecule has 2 aliphatic carbocycles. The van der Waals surface area contributed by atoms with Crippen LogP contribution in [0.1, 0.15) is 24.1 Å². The SMILES string of the molecule is CC1=CC2=C(C=CC=CC2c2cccs2)C1. The molecule has 0 nitrogen and oxygen atoms in total. The number of hydrogen-bond acceptors (Lipinski definition) is 1. The fourth-order valence-electron chi connectivity index (χ4n) is 2.42. The van der Waals surface area contributed by atoms with Crippen LogP contribution in [0.5, 0.6) is 0 Å². The number of hydrogen-bond donors (Lipinski definition) is 0. The van der Waals surface area contributed by atoms with Gasteiger partial charge in [-0.15, -0.1) is 11.3 Å². The van der Waals surface area contributed by atoms with Gasteiger partial charge < -0.3 is 0 Å². The van der Waals surface area contributed by atoms with Crippen LogP contribution in [0.25, 0.3) is 0 Å². The fraction of sp³-hybridized carbons (Fsp3) is 0.200. The maximum Gasteiger partial charge on any atom is 0.0369 e. The number of thiophene rings is 1. The summed E-state index contributed by atoms with van der Waals surface area (Å²) in [5.74, 6) is 0.461. The van der Waals surface area contributed by atoms with E-state index in [9.17, 15) is 0 Å². The molecule has 0 aliphatic heterocycles. The lowest BCUT2D eigenvalue weighted by molar-refractivity contribution is 1.05. The largest absolute Gasteiger partial charge is 0.148 e. The van der Waals surface area contributed by atoms with Gasteiger partial charge in [0.1, 0.15) is 0 Å². The van der Waals surface area contributed by atoms with Gasteiger partial charge >= 0.3 is 0 Å². The van der Waals surface area contributed by atoms with Crippen molar-refractivity contribution in [1.82, 2.24) is 0 Å². The van der Waals surface area contributed by atoms with Gasteiger partial charge in [-0.3, -0.25) is 0 Å². The number of rotatable bonds is 1. The molecule has 16 heavy (non-hydrogen) atoms. The topological polar surface area (TPSA) is 0 Å². The lowest BCUT2D eigenvalue weighted by Gasteiger charge is -2.11. The lowest BCUT2D eigenvalue weighted by atomic mass is 9.95. The van der Waals surface area contributed by atoms with Crippen molar-refractivity contribution >= 4 is 11.3 Å². The molecule has 1 aromatic rings. The molecule has 0 saturated heterocycles. The van der Waals surface area contributed by atoms with E-state index in [0.29, 0.717) is 5.92 Å². The van der Waals surface area contributed by atoms with Gasteiger partial charge in [0.25, 0.3) is 0 Å². The summed E-state index contributed by atoms with van der Waals surface area (Å²) in [5.41, 5.74) is 4.46. The maximum absolute atomic E-state index is 2.36. The Kier molecular flexibility index (Phi) is 2.41. The second kappa shape index (κ2) is 3.91. The monoisotopic (exact) mass is 226 g/mol. The molecular formula is C15H14S. The Hall–Kier alpha value is -1.34. The third kappa shape index (κ3) is 1.61. The zero-order valence-corrected chi connectivity index (χ0v) is 10.1. The molecule has 0 spiro atoms. The molecule has 1 heterocycles. The van der Waals surface area contributed by atoms with E-state index in [4.69, 9.17) is 0 Å². The minimum atomic E-state index is 0.461. The van der Waals surface area contributed by atoms with Crippen LogP contribution in [0.2, 0.25) is 0 Å². The molecule has 2 aliphatic rings. The molecular weight excluding hydrogens is 212 g/mol. The average molecular weight is 226 g/mol. The van der Waals surface area contributed by atoms with Crippen molar-refractivity contribution in [3.05, 3.63) is 69.5 Å². The molecule has 3 rings (SSSR count). The molecule has 80 valence electrons. The highest BCUT2D eigenvalue weighted by molar-refractivity contribution is 7.10. The summed E-state index contributed by atoms with van der Waals surface area (Å²) < 4.78 is 0. The predicted molar refractivity (Wildman–Crippen MR) is 70.7 cm³/mol. The third-order valence-electron chi connectivity index (χ3n) is 3.14.